The lowest BCUT2D eigenvalue weighted by Crippen LogP contribution is -2.32. The zero-order valence-corrected chi connectivity index (χ0v) is 17.8. The number of para-hydroxylation sites is 1. The van der Waals surface area contributed by atoms with E-state index < -0.39 is 29.3 Å². The maximum Gasteiger partial charge on any atom is 0.295 e. The number of nitrogens with zero attached hydrogens (tertiary/aromatic N) is 1. The molecule has 0 saturated carbocycles. The van der Waals surface area contributed by atoms with Crippen LogP contribution in [0.5, 0.6) is 11.5 Å². The van der Waals surface area contributed by atoms with Gasteiger partial charge in [-0.05, 0) is 36.8 Å². The predicted molar refractivity (Wildman–Crippen MR) is 112 cm³/mol. The molecule has 1 N–H and O–H groups in total. The molecule has 2 aromatic rings. The maximum atomic E-state index is 13.7. The van der Waals surface area contributed by atoms with Gasteiger partial charge in [0.1, 0.15) is 11.6 Å². The number of Topliss-reactive ketones (excluding diaryl/α,β-unsaturated/α-hetero) is 1. The third-order valence-electron chi connectivity index (χ3n) is 5.24. The molecule has 1 aliphatic heterocycles. The van der Waals surface area contributed by atoms with Crippen LogP contribution in [0.3, 0.4) is 0 Å². The third-order valence-corrected chi connectivity index (χ3v) is 5.24. The molecule has 31 heavy (non-hydrogen) atoms. The van der Waals surface area contributed by atoms with Crippen LogP contribution in [-0.4, -0.2) is 56.2 Å². The Balaban J connectivity index is 2.27. The molecular formula is C23H24FNO6. The molecule has 7 nitrogen and oxygen atoms in total. The minimum absolute atomic E-state index is 0.112. The molecule has 2 aromatic carbocycles. The first-order chi connectivity index (χ1) is 14.8. The fourth-order valence-corrected chi connectivity index (χ4v) is 3.70. The fraction of sp³-hybridized carbons (Fsp3) is 0.304. The standard InChI is InChI=1S/C23H24FNO6/c1-13-12-14(8-9-16(13)24)20(26)18-19(25(10-11-29-2)23(28)21(18)27)15-6-5-7-17(30-3)22(15)31-4/h5-9,12,19,26H,10-11H2,1-4H3/b20-18+. The van der Waals surface area contributed by atoms with Crippen molar-refractivity contribution in [3.8, 4) is 11.5 Å². The van der Waals surface area contributed by atoms with E-state index in [-0.39, 0.29) is 24.3 Å². The van der Waals surface area contributed by atoms with Gasteiger partial charge < -0.3 is 24.2 Å². The Hall–Kier alpha value is -3.39. The number of aliphatic hydroxyl groups excluding tert-OH is 1. The number of carbonyl (C=O) groups excluding carboxylic acids is 2. The molecule has 8 heteroatoms. The van der Waals surface area contributed by atoms with E-state index in [4.69, 9.17) is 14.2 Å². The molecule has 1 unspecified atom stereocenters. The number of aryl methyl sites for hydroxylation is 1. The van der Waals surface area contributed by atoms with Crippen molar-refractivity contribution in [3.05, 3.63) is 64.5 Å². The van der Waals surface area contributed by atoms with Crippen molar-refractivity contribution in [2.24, 2.45) is 0 Å². The second-order valence-corrected chi connectivity index (χ2v) is 7.03. The van der Waals surface area contributed by atoms with Crippen LogP contribution in [0.25, 0.3) is 5.76 Å². The first-order valence-electron chi connectivity index (χ1n) is 9.60. The number of amides is 1. The molecule has 1 heterocycles. The van der Waals surface area contributed by atoms with Crippen LogP contribution in [0.2, 0.25) is 0 Å². The number of rotatable bonds is 7. The summed E-state index contributed by atoms with van der Waals surface area (Å²) in [4.78, 5) is 27.2. The lowest BCUT2D eigenvalue weighted by molar-refractivity contribution is -0.140. The zero-order chi connectivity index (χ0) is 22.7. The summed E-state index contributed by atoms with van der Waals surface area (Å²) >= 11 is 0. The Morgan fingerprint density at radius 1 is 1.13 bits per heavy atom. The molecule has 0 spiro atoms. The largest absolute Gasteiger partial charge is 0.507 e. The van der Waals surface area contributed by atoms with Gasteiger partial charge in [-0.2, -0.15) is 0 Å². The number of aliphatic hydroxyl groups is 1. The van der Waals surface area contributed by atoms with Crippen molar-refractivity contribution in [3.63, 3.8) is 0 Å². The second kappa shape index (κ2) is 9.18. The van der Waals surface area contributed by atoms with Crippen LogP contribution in [0.4, 0.5) is 4.39 Å². The SMILES string of the molecule is COCCN1C(=O)C(=O)/C(=C(/O)c2ccc(F)c(C)c2)C1c1cccc(OC)c1OC. The smallest absolute Gasteiger partial charge is 0.295 e. The van der Waals surface area contributed by atoms with Gasteiger partial charge in [-0.15, -0.1) is 0 Å². The first kappa shape index (κ1) is 22.3. The fourth-order valence-electron chi connectivity index (χ4n) is 3.70. The minimum Gasteiger partial charge on any atom is -0.507 e. The predicted octanol–water partition coefficient (Wildman–Crippen LogP) is 3.22. The molecule has 1 fully saturated rings. The number of likely N-dealkylation sites (tertiary alicyclic amines) is 1. The van der Waals surface area contributed by atoms with E-state index in [2.05, 4.69) is 0 Å². The van der Waals surface area contributed by atoms with E-state index in [9.17, 15) is 19.1 Å². The minimum atomic E-state index is -0.939. The van der Waals surface area contributed by atoms with E-state index >= 15 is 0 Å². The Kier molecular flexibility index (Phi) is 6.60. The lowest BCUT2D eigenvalue weighted by atomic mass is 9.94. The van der Waals surface area contributed by atoms with Gasteiger partial charge in [-0.3, -0.25) is 9.59 Å². The van der Waals surface area contributed by atoms with Crippen LogP contribution in [-0.2, 0) is 14.3 Å². The van der Waals surface area contributed by atoms with E-state index in [0.29, 0.717) is 22.6 Å². The Morgan fingerprint density at radius 3 is 2.48 bits per heavy atom. The molecule has 0 bridgehead atoms. The summed E-state index contributed by atoms with van der Waals surface area (Å²) in [5.41, 5.74) is 0.889. The molecule has 0 aliphatic carbocycles. The third kappa shape index (κ3) is 3.98. The summed E-state index contributed by atoms with van der Waals surface area (Å²) in [5, 5.41) is 11.0. The van der Waals surface area contributed by atoms with Crippen molar-refractivity contribution >= 4 is 17.4 Å². The average Bonchev–Trinajstić information content (AvgIpc) is 3.02. The average molecular weight is 429 g/mol. The van der Waals surface area contributed by atoms with E-state index in [1.807, 2.05) is 0 Å². The molecule has 1 atom stereocenters. The molecule has 1 saturated heterocycles. The van der Waals surface area contributed by atoms with Crippen LogP contribution in [0.15, 0.2) is 42.0 Å². The van der Waals surface area contributed by atoms with Gasteiger partial charge in [-0.25, -0.2) is 4.39 Å². The van der Waals surface area contributed by atoms with Gasteiger partial charge in [0.2, 0.25) is 0 Å². The van der Waals surface area contributed by atoms with Crippen molar-refractivity contribution in [1.82, 2.24) is 4.90 Å². The number of halogens is 1. The molecule has 3 rings (SSSR count). The topological polar surface area (TPSA) is 85.3 Å². The van der Waals surface area contributed by atoms with Crippen molar-refractivity contribution in [2.75, 3.05) is 34.5 Å². The van der Waals surface area contributed by atoms with E-state index in [1.165, 1.54) is 44.4 Å². The lowest BCUT2D eigenvalue weighted by Gasteiger charge is -2.27. The first-order valence-corrected chi connectivity index (χ1v) is 9.60. The highest BCUT2D eigenvalue weighted by atomic mass is 19.1. The highest BCUT2D eigenvalue weighted by Crippen LogP contribution is 2.45. The summed E-state index contributed by atoms with van der Waals surface area (Å²) in [6.07, 6.45) is 0. The number of ketones is 1. The summed E-state index contributed by atoms with van der Waals surface area (Å²) in [6, 6.07) is 8.13. The van der Waals surface area contributed by atoms with E-state index in [0.717, 1.165) is 0 Å². The molecular weight excluding hydrogens is 405 g/mol. The number of ether oxygens (including phenoxy) is 3. The Morgan fingerprint density at radius 2 is 1.87 bits per heavy atom. The molecule has 0 radical (unpaired) electrons. The second-order valence-electron chi connectivity index (χ2n) is 7.03. The zero-order valence-electron chi connectivity index (χ0n) is 17.8. The van der Waals surface area contributed by atoms with Crippen molar-refractivity contribution < 1.29 is 33.3 Å². The molecule has 164 valence electrons. The monoisotopic (exact) mass is 429 g/mol. The number of carbonyl (C=O) groups is 2. The quantitative estimate of drug-likeness (QED) is 0.413. The highest BCUT2D eigenvalue weighted by Gasteiger charge is 2.47. The van der Waals surface area contributed by atoms with Gasteiger partial charge in [0.25, 0.3) is 11.7 Å². The van der Waals surface area contributed by atoms with Crippen LogP contribution >= 0.6 is 0 Å². The normalized spacial score (nSPS) is 17.8. The van der Waals surface area contributed by atoms with Crippen molar-refractivity contribution in [1.29, 1.82) is 0 Å². The van der Waals surface area contributed by atoms with Crippen LogP contribution in [0.1, 0.15) is 22.7 Å². The molecule has 1 aliphatic rings. The maximum absolute atomic E-state index is 13.7. The Bertz CT molecular complexity index is 1050. The summed E-state index contributed by atoms with van der Waals surface area (Å²) in [7, 11) is 4.41. The summed E-state index contributed by atoms with van der Waals surface area (Å²) in [6.45, 7) is 1.85. The Labute approximate surface area is 179 Å². The van der Waals surface area contributed by atoms with Gasteiger partial charge in [0.05, 0.1) is 32.4 Å². The number of hydrogen-bond acceptors (Lipinski definition) is 6. The van der Waals surface area contributed by atoms with Crippen LogP contribution < -0.4 is 9.47 Å². The number of methoxy groups -OCH3 is 3. The van der Waals surface area contributed by atoms with Crippen molar-refractivity contribution in [2.45, 2.75) is 13.0 Å². The summed E-state index contributed by atoms with van der Waals surface area (Å²) < 4.78 is 29.7. The number of hydrogen-bond donors (Lipinski definition) is 1. The van der Waals surface area contributed by atoms with E-state index in [1.54, 1.807) is 25.1 Å². The number of benzene rings is 2. The van der Waals surface area contributed by atoms with Gasteiger partial charge >= 0.3 is 0 Å². The van der Waals surface area contributed by atoms with Crippen LogP contribution in [0, 0.1) is 12.7 Å². The summed E-state index contributed by atoms with van der Waals surface area (Å²) in [5.74, 6) is -1.70. The van der Waals surface area contributed by atoms with Gasteiger partial charge in [-0.1, -0.05) is 12.1 Å². The van der Waals surface area contributed by atoms with Gasteiger partial charge in [0.15, 0.2) is 11.5 Å². The molecule has 1 amide bonds. The highest BCUT2D eigenvalue weighted by molar-refractivity contribution is 6.46. The molecule has 0 aromatic heterocycles. The van der Waals surface area contributed by atoms with Gasteiger partial charge in [0, 0.05) is 24.8 Å².